The van der Waals surface area contributed by atoms with E-state index < -0.39 is 5.82 Å². The second kappa shape index (κ2) is 7.11. The SMILES string of the molecule is CN(CCC(=O)c1ccccc1F)Cc1cc(Br)cs1. The molecule has 5 heteroatoms. The van der Waals surface area contributed by atoms with E-state index in [1.54, 1.807) is 23.5 Å². The standard InChI is InChI=1S/C15H15BrFNOS/c1-18(9-12-8-11(16)10-20-12)7-6-15(19)13-4-2-3-5-14(13)17/h2-5,8,10H,6-7,9H2,1H3. The first kappa shape index (κ1) is 15.4. The summed E-state index contributed by atoms with van der Waals surface area (Å²) in [5, 5.41) is 2.04. The molecule has 0 fully saturated rings. The lowest BCUT2D eigenvalue weighted by Gasteiger charge is -2.15. The number of Topliss-reactive ketones (excluding diaryl/α,β-unsaturated/α-hetero) is 1. The second-order valence-corrected chi connectivity index (χ2v) is 6.53. The van der Waals surface area contributed by atoms with Crippen LogP contribution in [0.4, 0.5) is 4.39 Å². The third-order valence-electron chi connectivity index (χ3n) is 2.94. The molecule has 2 nitrogen and oxygen atoms in total. The van der Waals surface area contributed by atoms with Gasteiger partial charge in [-0.2, -0.15) is 0 Å². The fraction of sp³-hybridized carbons (Fsp3) is 0.267. The highest BCUT2D eigenvalue weighted by Crippen LogP contribution is 2.21. The summed E-state index contributed by atoms with van der Waals surface area (Å²) in [6.45, 7) is 1.41. The highest BCUT2D eigenvalue weighted by atomic mass is 79.9. The molecule has 2 rings (SSSR count). The number of halogens is 2. The molecule has 0 aliphatic rings. The van der Waals surface area contributed by atoms with Crippen molar-refractivity contribution in [3.05, 3.63) is 56.4 Å². The number of nitrogens with zero attached hydrogens (tertiary/aromatic N) is 1. The van der Waals surface area contributed by atoms with Crippen molar-refractivity contribution >= 4 is 33.0 Å². The van der Waals surface area contributed by atoms with Gasteiger partial charge in [0.25, 0.3) is 0 Å². The van der Waals surface area contributed by atoms with Gasteiger partial charge < -0.3 is 4.90 Å². The average molecular weight is 356 g/mol. The van der Waals surface area contributed by atoms with Crippen molar-refractivity contribution in [1.29, 1.82) is 0 Å². The molecule has 0 unspecified atom stereocenters. The molecule has 20 heavy (non-hydrogen) atoms. The monoisotopic (exact) mass is 355 g/mol. The summed E-state index contributed by atoms with van der Waals surface area (Å²) in [5.74, 6) is -0.593. The number of carbonyl (C=O) groups is 1. The van der Waals surface area contributed by atoms with Gasteiger partial charge in [0.2, 0.25) is 0 Å². The maximum absolute atomic E-state index is 13.5. The van der Waals surface area contributed by atoms with E-state index in [1.165, 1.54) is 17.0 Å². The Morgan fingerprint density at radius 2 is 2.15 bits per heavy atom. The Morgan fingerprint density at radius 1 is 1.40 bits per heavy atom. The number of rotatable bonds is 6. The van der Waals surface area contributed by atoms with Crippen LogP contribution in [0.25, 0.3) is 0 Å². The Kier molecular flexibility index (Phi) is 5.46. The smallest absolute Gasteiger partial charge is 0.167 e. The molecular weight excluding hydrogens is 341 g/mol. The number of hydrogen-bond donors (Lipinski definition) is 0. The summed E-state index contributed by atoms with van der Waals surface area (Å²) in [4.78, 5) is 15.3. The van der Waals surface area contributed by atoms with Crippen molar-refractivity contribution in [1.82, 2.24) is 4.90 Å². The van der Waals surface area contributed by atoms with Crippen LogP contribution in [0.3, 0.4) is 0 Å². The van der Waals surface area contributed by atoms with Gasteiger partial charge >= 0.3 is 0 Å². The van der Waals surface area contributed by atoms with E-state index in [2.05, 4.69) is 26.9 Å². The molecule has 0 aliphatic heterocycles. The Balaban J connectivity index is 1.85. The van der Waals surface area contributed by atoms with E-state index in [9.17, 15) is 9.18 Å². The maximum Gasteiger partial charge on any atom is 0.167 e. The first-order valence-corrected chi connectivity index (χ1v) is 7.92. The van der Waals surface area contributed by atoms with Gasteiger partial charge in [-0.15, -0.1) is 11.3 Å². The molecule has 1 aromatic heterocycles. The van der Waals surface area contributed by atoms with Gasteiger partial charge in [-0.25, -0.2) is 4.39 Å². The summed E-state index contributed by atoms with van der Waals surface area (Å²) < 4.78 is 14.6. The van der Waals surface area contributed by atoms with Crippen LogP contribution in [0.5, 0.6) is 0 Å². The maximum atomic E-state index is 13.5. The van der Waals surface area contributed by atoms with Crippen molar-refractivity contribution in [2.75, 3.05) is 13.6 Å². The summed E-state index contributed by atoms with van der Waals surface area (Å²) >= 11 is 5.10. The number of benzene rings is 1. The van der Waals surface area contributed by atoms with Crippen LogP contribution in [0.1, 0.15) is 21.7 Å². The number of thiophene rings is 1. The minimum absolute atomic E-state index is 0.151. The van der Waals surface area contributed by atoms with Gasteiger partial charge in [-0.3, -0.25) is 4.79 Å². The average Bonchev–Trinajstić information content (AvgIpc) is 2.82. The zero-order chi connectivity index (χ0) is 14.5. The van der Waals surface area contributed by atoms with Crippen LogP contribution in [-0.4, -0.2) is 24.3 Å². The Hall–Kier alpha value is -1.04. The van der Waals surface area contributed by atoms with Crippen molar-refractivity contribution in [2.45, 2.75) is 13.0 Å². The molecule has 106 valence electrons. The van der Waals surface area contributed by atoms with Crippen molar-refractivity contribution in [2.24, 2.45) is 0 Å². The van der Waals surface area contributed by atoms with Crippen LogP contribution in [0.2, 0.25) is 0 Å². The van der Waals surface area contributed by atoms with Crippen molar-refractivity contribution < 1.29 is 9.18 Å². The highest BCUT2D eigenvalue weighted by Gasteiger charge is 2.12. The quantitative estimate of drug-likeness (QED) is 0.717. The molecule has 0 spiro atoms. The molecule has 0 bridgehead atoms. The van der Waals surface area contributed by atoms with Crippen LogP contribution >= 0.6 is 27.3 Å². The van der Waals surface area contributed by atoms with Crippen LogP contribution in [0, 0.1) is 5.82 Å². The first-order valence-electron chi connectivity index (χ1n) is 6.25. The van der Waals surface area contributed by atoms with Crippen LogP contribution < -0.4 is 0 Å². The highest BCUT2D eigenvalue weighted by molar-refractivity contribution is 9.10. The predicted octanol–water partition coefficient (Wildman–Crippen LogP) is 4.35. The zero-order valence-electron chi connectivity index (χ0n) is 11.1. The third-order valence-corrected chi connectivity index (χ3v) is 4.62. The lowest BCUT2D eigenvalue weighted by molar-refractivity contribution is 0.0964. The van der Waals surface area contributed by atoms with Gasteiger partial charge in [0.05, 0.1) is 5.56 Å². The number of hydrogen-bond acceptors (Lipinski definition) is 3. The molecule has 0 saturated heterocycles. The van der Waals surface area contributed by atoms with E-state index in [1.807, 2.05) is 12.4 Å². The zero-order valence-corrected chi connectivity index (χ0v) is 13.5. The largest absolute Gasteiger partial charge is 0.301 e. The van der Waals surface area contributed by atoms with E-state index >= 15 is 0 Å². The van der Waals surface area contributed by atoms with Crippen molar-refractivity contribution in [3.63, 3.8) is 0 Å². The summed E-state index contributed by atoms with van der Waals surface area (Å²) in [7, 11) is 1.96. The molecule has 0 amide bonds. The molecule has 1 heterocycles. The summed E-state index contributed by atoms with van der Waals surface area (Å²) in [5.41, 5.74) is 0.180. The topological polar surface area (TPSA) is 20.3 Å². The normalized spacial score (nSPS) is 11.0. The Morgan fingerprint density at radius 3 is 2.80 bits per heavy atom. The molecule has 2 aromatic rings. The van der Waals surface area contributed by atoms with Gasteiger partial charge in [0.1, 0.15) is 5.82 Å². The van der Waals surface area contributed by atoms with E-state index in [-0.39, 0.29) is 11.3 Å². The summed E-state index contributed by atoms with van der Waals surface area (Å²) in [6, 6.07) is 8.20. The molecular formula is C15H15BrFNOS. The van der Waals surface area contributed by atoms with E-state index in [0.29, 0.717) is 13.0 Å². The molecule has 1 aromatic carbocycles. The fourth-order valence-electron chi connectivity index (χ4n) is 1.90. The molecule has 0 radical (unpaired) electrons. The lowest BCUT2D eigenvalue weighted by Crippen LogP contribution is -2.21. The summed E-state index contributed by atoms with van der Waals surface area (Å²) in [6.07, 6.45) is 0.323. The molecule has 0 atom stereocenters. The predicted molar refractivity (Wildman–Crippen MR) is 83.7 cm³/mol. The minimum atomic E-state index is -0.442. The second-order valence-electron chi connectivity index (χ2n) is 4.62. The van der Waals surface area contributed by atoms with Gasteiger partial charge in [0.15, 0.2) is 5.78 Å². The minimum Gasteiger partial charge on any atom is -0.301 e. The van der Waals surface area contributed by atoms with Crippen LogP contribution in [0.15, 0.2) is 40.2 Å². The van der Waals surface area contributed by atoms with Gasteiger partial charge in [-0.05, 0) is 41.2 Å². The third kappa shape index (κ3) is 4.23. The number of carbonyl (C=O) groups excluding carboxylic acids is 1. The Bertz CT molecular complexity index is 599. The van der Waals surface area contributed by atoms with E-state index in [0.717, 1.165) is 11.0 Å². The van der Waals surface area contributed by atoms with Crippen LogP contribution in [-0.2, 0) is 6.54 Å². The van der Waals surface area contributed by atoms with Gasteiger partial charge in [-0.1, -0.05) is 12.1 Å². The van der Waals surface area contributed by atoms with E-state index in [4.69, 9.17) is 0 Å². The molecule has 0 N–H and O–H groups in total. The lowest BCUT2D eigenvalue weighted by atomic mass is 10.1. The molecule has 0 aliphatic carbocycles. The van der Waals surface area contributed by atoms with Gasteiger partial charge in [0, 0.05) is 34.2 Å². The first-order chi connectivity index (χ1) is 9.56. The number of ketones is 1. The van der Waals surface area contributed by atoms with Crippen molar-refractivity contribution in [3.8, 4) is 0 Å². The molecule has 0 saturated carbocycles. The fourth-order valence-corrected chi connectivity index (χ4v) is 3.43. The Labute approximate surface area is 130 Å².